The van der Waals surface area contributed by atoms with Crippen molar-refractivity contribution >= 4 is 25.4 Å². The molecule has 0 amide bonds. The summed E-state index contributed by atoms with van der Waals surface area (Å²) in [7, 11) is -5.79. The summed E-state index contributed by atoms with van der Waals surface area (Å²) in [6.07, 6.45) is 0.844. The van der Waals surface area contributed by atoms with Crippen LogP contribution in [0.2, 0.25) is 45.3 Å². The molecule has 0 saturated heterocycles. The van der Waals surface area contributed by atoms with Gasteiger partial charge in [0.25, 0.3) is 0 Å². The van der Waals surface area contributed by atoms with Crippen molar-refractivity contribution in [2.45, 2.75) is 78.6 Å². The highest BCUT2D eigenvalue weighted by Crippen LogP contribution is 2.18. The van der Waals surface area contributed by atoms with E-state index in [0.717, 1.165) is 12.5 Å². The van der Waals surface area contributed by atoms with E-state index in [9.17, 15) is 0 Å². The zero-order valence-electron chi connectivity index (χ0n) is 19.2. The average Bonchev–Trinajstić information content (AvgIpc) is 2.51. The second-order valence-electron chi connectivity index (χ2n) is 8.44. The zero-order valence-corrected chi connectivity index (χ0v) is 22.2. The first-order chi connectivity index (χ1) is 12.5. The van der Waals surface area contributed by atoms with Gasteiger partial charge in [0, 0.05) is 32.5 Å². The van der Waals surface area contributed by atoms with Crippen molar-refractivity contribution < 1.29 is 26.9 Å². The second kappa shape index (κ2) is 13.6. The minimum absolute atomic E-state index is 0.00364. The van der Waals surface area contributed by atoms with Crippen molar-refractivity contribution in [3.63, 3.8) is 0 Å². The quantitative estimate of drug-likeness (QED) is 0.245. The molecule has 0 spiro atoms. The highest BCUT2D eigenvalue weighted by Gasteiger charge is 2.39. The van der Waals surface area contributed by atoms with Crippen LogP contribution in [-0.4, -0.2) is 71.2 Å². The Morgan fingerprint density at radius 1 is 0.667 bits per heavy atom. The molecular formula is C18H44O6Si3. The maximum Gasteiger partial charge on any atom is 0.501 e. The second-order valence-corrected chi connectivity index (χ2v) is 20.1. The van der Waals surface area contributed by atoms with Gasteiger partial charge in [0.2, 0.25) is 0 Å². The van der Waals surface area contributed by atoms with E-state index in [4.69, 9.17) is 26.9 Å². The van der Waals surface area contributed by atoms with Crippen LogP contribution in [0.25, 0.3) is 0 Å². The molecule has 0 bridgehead atoms. The van der Waals surface area contributed by atoms with E-state index in [1.165, 1.54) is 0 Å². The molecule has 0 aliphatic heterocycles. The molecule has 0 radical (unpaired) electrons. The summed E-state index contributed by atoms with van der Waals surface area (Å²) in [5.41, 5.74) is 0. The Bertz CT molecular complexity index is 354. The zero-order chi connectivity index (χ0) is 21.0. The van der Waals surface area contributed by atoms with Gasteiger partial charge in [-0.15, -0.1) is 0 Å². The summed E-state index contributed by atoms with van der Waals surface area (Å²) < 4.78 is 35.9. The van der Waals surface area contributed by atoms with Gasteiger partial charge in [-0.1, -0.05) is 0 Å². The molecular weight excluding hydrogens is 396 g/mol. The molecule has 0 aromatic rings. The van der Waals surface area contributed by atoms with E-state index >= 15 is 0 Å². The Balaban J connectivity index is 4.46. The fourth-order valence-corrected chi connectivity index (χ4v) is 6.97. The normalized spacial score (nSPS) is 14.6. The van der Waals surface area contributed by atoms with Gasteiger partial charge in [0.05, 0.1) is 19.3 Å². The van der Waals surface area contributed by atoms with Crippen LogP contribution in [0.4, 0.5) is 0 Å². The predicted molar refractivity (Wildman–Crippen MR) is 118 cm³/mol. The van der Waals surface area contributed by atoms with Crippen LogP contribution in [0, 0.1) is 0 Å². The number of hydrogen-bond acceptors (Lipinski definition) is 6. The maximum absolute atomic E-state index is 6.24. The summed E-state index contributed by atoms with van der Waals surface area (Å²) >= 11 is 0. The molecule has 1 atom stereocenters. The number of rotatable bonds is 17. The van der Waals surface area contributed by atoms with Crippen LogP contribution < -0.4 is 0 Å². The molecule has 0 aromatic carbocycles. The van der Waals surface area contributed by atoms with Crippen molar-refractivity contribution in [1.29, 1.82) is 0 Å². The molecule has 9 heteroatoms. The Labute approximate surface area is 170 Å². The van der Waals surface area contributed by atoms with Crippen molar-refractivity contribution in [3.05, 3.63) is 0 Å². The van der Waals surface area contributed by atoms with Crippen molar-refractivity contribution in [3.8, 4) is 0 Å². The molecule has 0 N–H and O–H groups in total. The molecule has 0 fully saturated rings. The molecule has 1 unspecified atom stereocenters. The van der Waals surface area contributed by atoms with Crippen molar-refractivity contribution in [1.82, 2.24) is 0 Å². The summed E-state index contributed by atoms with van der Waals surface area (Å²) in [4.78, 5) is 0. The highest BCUT2D eigenvalue weighted by atomic mass is 28.4. The molecule has 0 heterocycles. The lowest BCUT2D eigenvalue weighted by atomic mass is 10.4. The maximum atomic E-state index is 6.24. The summed E-state index contributed by atoms with van der Waals surface area (Å²) in [5, 5.41) is 0. The third-order valence-corrected chi connectivity index (χ3v) is 8.62. The van der Waals surface area contributed by atoms with Gasteiger partial charge >= 0.3 is 8.80 Å². The van der Waals surface area contributed by atoms with Crippen LogP contribution in [0.3, 0.4) is 0 Å². The van der Waals surface area contributed by atoms with Gasteiger partial charge in [-0.25, -0.2) is 0 Å². The average molecular weight is 441 g/mol. The topological polar surface area (TPSA) is 55.4 Å². The molecule has 0 rings (SSSR count). The SMILES string of the molecule is CCO[Si](CCCOCC(CO[Si](C)(C)C)O[Si](C)(C)C)(OCC)OCC. The van der Waals surface area contributed by atoms with Crippen LogP contribution in [0.15, 0.2) is 0 Å². The highest BCUT2D eigenvalue weighted by molar-refractivity contribution is 6.70. The molecule has 6 nitrogen and oxygen atoms in total. The van der Waals surface area contributed by atoms with Gasteiger partial charge in [-0.3, -0.25) is 0 Å². The first kappa shape index (κ1) is 27.4. The monoisotopic (exact) mass is 440 g/mol. The predicted octanol–water partition coefficient (Wildman–Crippen LogP) is 4.51. The molecule has 0 aliphatic rings. The molecule has 0 saturated carbocycles. The number of ether oxygens (including phenoxy) is 1. The fraction of sp³-hybridized carbons (Fsp3) is 1.00. The smallest absolute Gasteiger partial charge is 0.415 e. The van der Waals surface area contributed by atoms with E-state index in [2.05, 4.69) is 39.3 Å². The summed E-state index contributed by atoms with van der Waals surface area (Å²) in [6.45, 7) is 22.7. The van der Waals surface area contributed by atoms with Crippen molar-refractivity contribution in [2.75, 3.05) is 39.6 Å². The van der Waals surface area contributed by atoms with Gasteiger partial charge < -0.3 is 26.9 Å². The third-order valence-electron chi connectivity index (χ3n) is 3.39. The molecule has 0 aromatic heterocycles. The first-order valence-corrected chi connectivity index (χ1v) is 19.0. The Morgan fingerprint density at radius 2 is 1.19 bits per heavy atom. The summed E-state index contributed by atoms with van der Waals surface area (Å²) in [6, 6.07) is 0.771. The van der Waals surface area contributed by atoms with Crippen LogP contribution in [0.5, 0.6) is 0 Å². The number of hydrogen-bond donors (Lipinski definition) is 0. The van der Waals surface area contributed by atoms with Gasteiger partial charge in [-0.05, 0) is 66.5 Å². The van der Waals surface area contributed by atoms with Crippen LogP contribution in [0.1, 0.15) is 27.2 Å². The Morgan fingerprint density at radius 3 is 1.59 bits per heavy atom. The van der Waals surface area contributed by atoms with Gasteiger partial charge in [-0.2, -0.15) is 0 Å². The molecule has 0 aliphatic carbocycles. The Hall–Kier alpha value is 0.411. The van der Waals surface area contributed by atoms with E-state index in [0.29, 0.717) is 39.6 Å². The fourth-order valence-electron chi connectivity index (χ4n) is 2.57. The molecule has 164 valence electrons. The lowest BCUT2D eigenvalue weighted by Gasteiger charge is -2.29. The van der Waals surface area contributed by atoms with Gasteiger partial charge in [0.15, 0.2) is 16.6 Å². The Kier molecular flexibility index (Phi) is 13.8. The van der Waals surface area contributed by atoms with E-state index in [1.54, 1.807) is 0 Å². The van der Waals surface area contributed by atoms with Crippen LogP contribution in [-0.2, 0) is 26.9 Å². The first-order valence-electron chi connectivity index (χ1n) is 10.3. The lowest BCUT2D eigenvalue weighted by Crippen LogP contribution is -2.46. The lowest BCUT2D eigenvalue weighted by molar-refractivity contribution is 0.0178. The third kappa shape index (κ3) is 15.0. The summed E-state index contributed by atoms with van der Waals surface area (Å²) in [5.74, 6) is 0. The minimum Gasteiger partial charge on any atom is -0.415 e. The van der Waals surface area contributed by atoms with E-state index in [1.807, 2.05) is 20.8 Å². The standard InChI is InChI=1S/C18H44O6Si3/c1-10-20-27(21-11-2,22-12-3)15-13-14-19-16-18(24-26(7,8)9)17-23-25(4,5)6/h18H,10-17H2,1-9H3. The largest absolute Gasteiger partial charge is 0.501 e. The van der Waals surface area contributed by atoms with E-state index < -0.39 is 25.4 Å². The van der Waals surface area contributed by atoms with Crippen LogP contribution >= 0.6 is 0 Å². The van der Waals surface area contributed by atoms with Crippen molar-refractivity contribution in [2.24, 2.45) is 0 Å². The minimum atomic E-state index is -2.57. The van der Waals surface area contributed by atoms with Gasteiger partial charge in [0.1, 0.15) is 0 Å². The molecule has 27 heavy (non-hydrogen) atoms. The van der Waals surface area contributed by atoms with E-state index in [-0.39, 0.29) is 6.10 Å².